The van der Waals surface area contributed by atoms with Crippen LogP contribution < -0.4 is 9.47 Å². The van der Waals surface area contributed by atoms with E-state index in [4.69, 9.17) is 14.2 Å². The Kier molecular flexibility index (Phi) is 15.3. The third kappa shape index (κ3) is 12.2. The van der Waals surface area contributed by atoms with Crippen molar-refractivity contribution in [1.29, 1.82) is 0 Å². The van der Waals surface area contributed by atoms with Gasteiger partial charge in [-0.2, -0.15) is 30.7 Å². The molecule has 51 heavy (non-hydrogen) atoms. The first-order chi connectivity index (χ1) is 24.1. The molecule has 0 fully saturated rings. The highest BCUT2D eigenvalue weighted by molar-refractivity contribution is 5.92. The molecule has 3 rings (SSSR count). The molecule has 0 N–H and O–H groups in total. The summed E-state index contributed by atoms with van der Waals surface area (Å²) in [4.78, 5) is 25.1. The summed E-state index contributed by atoms with van der Waals surface area (Å²) in [5.74, 6) is -13.6. The second-order valence-electron chi connectivity index (χ2n) is 11.9. The number of carbonyl (C=O) groups excluding carboxylic acids is 2. The number of unbranched alkanes of at least 4 members (excludes halogenated alkanes) is 5. The topological polar surface area (TPSA) is 71.1 Å². The zero-order valence-corrected chi connectivity index (χ0v) is 28.2. The number of halogens is 8. The van der Waals surface area contributed by atoms with E-state index in [1.165, 1.54) is 12.1 Å². The van der Waals surface area contributed by atoms with Gasteiger partial charge in [0.25, 0.3) is 0 Å². The minimum absolute atomic E-state index is 0.0309. The molecule has 0 heterocycles. The van der Waals surface area contributed by atoms with Gasteiger partial charge in [0.1, 0.15) is 23.9 Å². The number of rotatable bonds is 20. The van der Waals surface area contributed by atoms with Gasteiger partial charge in [-0.3, -0.25) is 0 Å². The maximum Gasteiger partial charge on any atom is 0.459 e. The van der Waals surface area contributed by atoms with Crippen molar-refractivity contribution in [2.24, 2.45) is 0 Å². The molecule has 3 aromatic rings. The van der Waals surface area contributed by atoms with Crippen LogP contribution in [-0.4, -0.2) is 55.9 Å². The van der Waals surface area contributed by atoms with E-state index in [-0.39, 0.29) is 48.6 Å². The van der Waals surface area contributed by atoms with Crippen molar-refractivity contribution in [2.45, 2.75) is 89.3 Å². The first-order valence-corrected chi connectivity index (χ1v) is 16.5. The number of alkyl halides is 7. The molecule has 280 valence electrons. The monoisotopic (exact) mass is 732 g/mol. The highest BCUT2D eigenvalue weighted by Crippen LogP contribution is 2.46. The normalized spacial score (nSPS) is 12.7. The van der Waals surface area contributed by atoms with Crippen LogP contribution in [0.4, 0.5) is 35.1 Å². The Morgan fingerprint density at radius 2 is 1.29 bits per heavy atom. The lowest BCUT2D eigenvalue weighted by atomic mass is 10.0. The minimum atomic E-state index is -6.41. The summed E-state index contributed by atoms with van der Waals surface area (Å²) in [6.45, 7) is 1.47. The van der Waals surface area contributed by atoms with E-state index in [1.54, 1.807) is 48.5 Å². The molecule has 0 bridgehead atoms. The third-order valence-electron chi connectivity index (χ3n) is 7.75. The number of carbonyl (C=O) groups is 2. The van der Waals surface area contributed by atoms with Crippen LogP contribution in [0.1, 0.15) is 85.9 Å². The van der Waals surface area contributed by atoms with Gasteiger partial charge < -0.3 is 18.9 Å². The van der Waals surface area contributed by atoms with E-state index in [0.29, 0.717) is 12.0 Å². The van der Waals surface area contributed by atoms with Crippen LogP contribution in [0.5, 0.6) is 11.5 Å². The molecule has 0 aliphatic rings. The molecule has 0 amide bonds. The van der Waals surface area contributed by atoms with Crippen molar-refractivity contribution in [1.82, 2.24) is 0 Å². The Labute approximate surface area is 291 Å². The Hall–Kier alpha value is -4.20. The smallest absolute Gasteiger partial charge is 0.459 e. The van der Waals surface area contributed by atoms with Crippen LogP contribution in [0.15, 0.2) is 66.7 Å². The van der Waals surface area contributed by atoms with Gasteiger partial charge in [0.2, 0.25) is 0 Å². The largest absolute Gasteiger partial charge is 0.493 e. The highest BCUT2D eigenvalue weighted by Gasteiger charge is 2.72. The second kappa shape index (κ2) is 18.9. The van der Waals surface area contributed by atoms with Crippen LogP contribution in [0.2, 0.25) is 0 Å². The Morgan fingerprint density at radius 3 is 1.90 bits per heavy atom. The van der Waals surface area contributed by atoms with Gasteiger partial charge in [-0.15, -0.1) is 0 Å². The third-order valence-corrected chi connectivity index (χ3v) is 7.75. The summed E-state index contributed by atoms with van der Waals surface area (Å²) in [6.07, 6.45) is -0.715. The van der Waals surface area contributed by atoms with Crippen molar-refractivity contribution < 1.29 is 63.7 Å². The molecule has 0 saturated heterocycles. The predicted molar refractivity (Wildman–Crippen MR) is 173 cm³/mol. The van der Waals surface area contributed by atoms with Crippen molar-refractivity contribution >= 4 is 11.9 Å². The number of benzene rings is 3. The van der Waals surface area contributed by atoms with Gasteiger partial charge in [-0.05, 0) is 86.6 Å². The Morgan fingerprint density at radius 1 is 0.706 bits per heavy atom. The summed E-state index contributed by atoms with van der Waals surface area (Å²) in [6, 6.07) is 16.9. The molecule has 0 aliphatic carbocycles. The van der Waals surface area contributed by atoms with Crippen molar-refractivity contribution in [3.63, 3.8) is 0 Å². The summed E-state index contributed by atoms with van der Waals surface area (Å²) >= 11 is 0. The zero-order chi connectivity index (χ0) is 37.7. The average molecular weight is 733 g/mol. The van der Waals surface area contributed by atoms with E-state index in [2.05, 4.69) is 11.7 Å². The van der Waals surface area contributed by atoms with Crippen LogP contribution in [-0.2, 0) is 9.47 Å². The van der Waals surface area contributed by atoms with Crippen molar-refractivity contribution in [2.75, 3.05) is 19.8 Å². The number of ether oxygens (including phenoxy) is 4. The SMILES string of the molecule is CCCCCCC(C)OC(=O)c1ccc(-c2ccc(OC(=O)c3ccc(OCCCCCOCC(F)(F)C(F)(F)C(F)(F)F)cc3F)cc2)cc1. The molecule has 6 nitrogen and oxygen atoms in total. The lowest BCUT2D eigenvalue weighted by Crippen LogP contribution is -2.54. The summed E-state index contributed by atoms with van der Waals surface area (Å²) in [7, 11) is 0. The van der Waals surface area contributed by atoms with Crippen molar-refractivity contribution in [3.05, 3.63) is 83.7 Å². The molecule has 0 aromatic heterocycles. The standard InChI is InChI=1S/C37H40F8O6/c1-3-4-5-7-10-25(2)50-33(46)28-13-11-26(12-14-28)27-15-17-29(18-16-27)51-34(47)31-20-19-30(23-32(31)38)49-22-9-6-8-21-48-24-35(39,40)36(41,42)37(43,44)45/h11-20,23,25H,3-10,21-22,24H2,1-2H3. The Bertz CT molecular complexity index is 1540. The molecule has 3 aromatic carbocycles. The predicted octanol–water partition coefficient (Wildman–Crippen LogP) is 10.6. The maximum atomic E-state index is 14.7. The lowest BCUT2D eigenvalue weighted by Gasteiger charge is -2.27. The quantitative estimate of drug-likeness (QED) is 0.0499. The highest BCUT2D eigenvalue weighted by atomic mass is 19.4. The van der Waals surface area contributed by atoms with Gasteiger partial charge in [-0.25, -0.2) is 14.0 Å². The molecule has 0 spiro atoms. The van der Waals surface area contributed by atoms with Gasteiger partial charge in [0.15, 0.2) is 0 Å². The van der Waals surface area contributed by atoms with E-state index >= 15 is 0 Å². The zero-order valence-electron chi connectivity index (χ0n) is 28.2. The average Bonchev–Trinajstić information content (AvgIpc) is 3.07. The molecular formula is C37H40F8O6. The molecule has 0 saturated carbocycles. The van der Waals surface area contributed by atoms with Crippen LogP contribution in [0, 0.1) is 5.82 Å². The molecular weight excluding hydrogens is 692 g/mol. The first kappa shape index (κ1) is 41.2. The summed E-state index contributed by atoms with van der Waals surface area (Å²) in [5, 5.41) is 0. The van der Waals surface area contributed by atoms with Gasteiger partial charge in [0.05, 0.1) is 23.8 Å². The molecule has 1 unspecified atom stereocenters. The minimum Gasteiger partial charge on any atom is -0.493 e. The van der Waals surface area contributed by atoms with E-state index < -0.39 is 43.0 Å². The summed E-state index contributed by atoms with van der Waals surface area (Å²) in [5.41, 5.74) is 1.67. The van der Waals surface area contributed by atoms with Crippen LogP contribution in [0.25, 0.3) is 11.1 Å². The van der Waals surface area contributed by atoms with Crippen LogP contribution >= 0.6 is 0 Å². The van der Waals surface area contributed by atoms with E-state index in [9.17, 15) is 44.7 Å². The number of hydrogen-bond donors (Lipinski definition) is 0. The Balaban J connectivity index is 1.40. The first-order valence-electron chi connectivity index (χ1n) is 16.5. The molecule has 14 heteroatoms. The number of esters is 2. The molecule has 0 radical (unpaired) electrons. The van der Waals surface area contributed by atoms with Gasteiger partial charge in [0, 0.05) is 12.7 Å². The van der Waals surface area contributed by atoms with Crippen LogP contribution in [0.3, 0.4) is 0 Å². The maximum absolute atomic E-state index is 14.7. The van der Waals surface area contributed by atoms with Crippen molar-refractivity contribution in [3.8, 4) is 22.6 Å². The van der Waals surface area contributed by atoms with Gasteiger partial charge >= 0.3 is 30.0 Å². The molecule has 1 atom stereocenters. The number of hydrogen-bond acceptors (Lipinski definition) is 6. The fourth-order valence-electron chi connectivity index (χ4n) is 4.77. The van der Waals surface area contributed by atoms with E-state index in [1.807, 2.05) is 6.92 Å². The van der Waals surface area contributed by atoms with E-state index in [0.717, 1.165) is 49.3 Å². The fourth-order valence-corrected chi connectivity index (χ4v) is 4.77. The lowest BCUT2D eigenvalue weighted by molar-refractivity contribution is -0.361. The fraction of sp³-hybridized carbons (Fsp3) is 0.459. The van der Waals surface area contributed by atoms with Gasteiger partial charge in [-0.1, -0.05) is 50.5 Å². The molecule has 0 aliphatic heterocycles. The second-order valence-corrected chi connectivity index (χ2v) is 11.9. The summed E-state index contributed by atoms with van der Waals surface area (Å²) < 4.78 is 124.